The van der Waals surface area contributed by atoms with Gasteiger partial charge < -0.3 is 15.6 Å². The summed E-state index contributed by atoms with van der Waals surface area (Å²) in [6, 6.07) is 0. The van der Waals surface area contributed by atoms with E-state index in [1.165, 1.54) is 38.5 Å². The number of hydrogen-bond acceptors (Lipinski definition) is 4. The number of carbonyl (C=O) groups excluding carboxylic acids is 2. The van der Waals surface area contributed by atoms with Crippen molar-refractivity contribution in [2.45, 2.75) is 97.5 Å². The van der Waals surface area contributed by atoms with Crippen LogP contribution in [-0.2, 0) is 14.3 Å². The highest BCUT2D eigenvalue weighted by atomic mass is 16.5. The molecule has 0 bridgehead atoms. The first-order valence-electron chi connectivity index (χ1n) is 10.5. The number of ketones is 1. The molecule has 0 aromatic heterocycles. The highest BCUT2D eigenvalue weighted by molar-refractivity contribution is 5.82. The van der Waals surface area contributed by atoms with Crippen LogP contribution in [0.1, 0.15) is 92.8 Å². The second-order valence-electron chi connectivity index (χ2n) is 7.56. The number of carbonyl (C=O) groups is 2. The average molecular weight is 374 g/mol. The quantitative estimate of drug-likeness (QED) is 0.728. The zero-order valence-electron chi connectivity index (χ0n) is 17.2. The third kappa shape index (κ3) is 13.3. The molecule has 0 aromatic rings. The van der Waals surface area contributed by atoms with Crippen LogP contribution in [0.2, 0.25) is 0 Å². The monoisotopic (exact) mass is 373 g/mol. The molecule has 156 valence electrons. The van der Waals surface area contributed by atoms with E-state index in [0.29, 0.717) is 30.8 Å². The van der Waals surface area contributed by atoms with Crippen molar-refractivity contribution in [1.82, 2.24) is 0 Å². The number of hydrogen-bond donors (Lipinski definition) is 2. The lowest BCUT2D eigenvalue weighted by Gasteiger charge is -2.21. The number of nitrogens with two attached hydrogens (primary N) is 1. The predicted octanol–water partition coefficient (Wildman–Crippen LogP) is 4.25. The topological polar surface area (TPSA) is 89.6 Å². The van der Waals surface area contributed by atoms with Crippen LogP contribution < -0.4 is 5.73 Å². The Labute approximate surface area is 161 Å². The van der Waals surface area contributed by atoms with Gasteiger partial charge in [-0.05, 0) is 32.6 Å². The maximum absolute atomic E-state index is 11.5. The van der Waals surface area contributed by atoms with E-state index in [1.807, 2.05) is 13.8 Å². The minimum absolute atomic E-state index is 0. The van der Waals surface area contributed by atoms with Crippen molar-refractivity contribution < 1.29 is 20.9 Å². The Bertz CT molecular complexity index is 365. The van der Waals surface area contributed by atoms with E-state index in [4.69, 9.17) is 15.6 Å². The number of aliphatic hydroxyl groups excluding tert-OH is 1. The van der Waals surface area contributed by atoms with Gasteiger partial charge in [0.05, 0.1) is 12.7 Å². The molecule has 0 heterocycles. The van der Waals surface area contributed by atoms with Crippen molar-refractivity contribution in [3.05, 3.63) is 0 Å². The van der Waals surface area contributed by atoms with Crippen LogP contribution in [0.4, 0.5) is 0 Å². The first-order valence-corrected chi connectivity index (χ1v) is 10.5. The molecule has 26 heavy (non-hydrogen) atoms. The minimum Gasteiger partial charge on any atom is -0.397 e. The van der Waals surface area contributed by atoms with Gasteiger partial charge in [-0.1, -0.05) is 52.4 Å². The highest BCUT2D eigenvalue weighted by Crippen LogP contribution is 2.26. The summed E-state index contributed by atoms with van der Waals surface area (Å²) in [5.41, 5.74) is 4.99. The maximum Gasteiger partial charge on any atom is 0.219 e. The molecule has 2 saturated carbocycles. The molecule has 5 heteroatoms. The second kappa shape index (κ2) is 16.2. The third-order valence-corrected chi connectivity index (χ3v) is 4.83. The van der Waals surface area contributed by atoms with E-state index in [-0.39, 0.29) is 19.9 Å². The van der Waals surface area contributed by atoms with Gasteiger partial charge in [0.1, 0.15) is 5.78 Å². The third-order valence-electron chi connectivity index (χ3n) is 4.83. The predicted molar refractivity (Wildman–Crippen MR) is 108 cm³/mol. The summed E-state index contributed by atoms with van der Waals surface area (Å²) in [7, 11) is 0. The van der Waals surface area contributed by atoms with Crippen LogP contribution in [0.25, 0.3) is 0 Å². The fourth-order valence-electron chi connectivity index (χ4n) is 3.42. The van der Waals surface area contributed by atoms with Crippen LogP contribution in [0.3, 0.4) is 0 Å². The van der Waals surface area contributed by atoms with Gasteiger partial charge in [-0.15, -0.1) is 0 Å². The van der Waals surface area contributed by atoms with Crippen LogP contribution >= 0.6 is 0 Å². The highest BCUT2D eigenvalue weighted by Gasteiger charge is 2.22. The Balaban J connectivity index is 0. The van der Waals surface area contributed by atoms with Gasteiger partial charge in [-0.3, -0.25) is 9.59 Å². The number of primary amides is 1. The SMILES string of the molecule is CC(C)C(=O)C1CCCCC1.CCO.NC(=O)CCOC1CCCCC1.[HH]. The Hall–Kier alpha value is -0.940. The largest absolute Gasteiger partial charge is 0.397 e. The fourth-order valence-corrected chi connectivity index (χ4v) is 3.42. The van der Waals surface area contributed by atoms with Gasteiger partial charge >= 0.3 is 0 Å². The summed E-state index contributed by atoms with van der Waals surface area (Å²) in [6.45, 7) is 6.45. The molecule has 2 fully saturated rings. The lowest BCUT2D eigenvalue weighted by atomic mass is 9.83. The van der Waals surface area contributed by atoms with Crippen molar-refractivity contribution in [3.63, 3.8) is 0 Å². The molecule has 2 aliphatic rings. The molecule has 0 aliphatic heterocycles. The molecule has 3 N–H and O–H groups in total. The van der Waals surface area contributed by atoms with Crippen molar-refractivity contribution in [2.24, 2.45) is 17.6 Å². The Morgan fingerprint density at radius 2 is 1.50 bits per heavy atom. The number of rotatable bonds is 6. The molecular formula is C21H43NO4. The van der Waals surface area contributed by atoms with Crippen molar-refractivity contribution in [1.29, 1.82) is 0 Å². The lowest BCUT2D eigenvalue weighted by Crippen LogP contribution is -2.21. The van der Waals surface area contributed by atoms with Crippen LogP contribution in [0.5, 0.6) is 0 Å². The van der Waals surface area contributed by atoms with Crippen LogP contribution in [0.15, 0.2) is 0 Å². The first kappa shape index (κ1) is 25.1. The minimum atomic E-state index is -0.272. The molecule has 0 atom stereocenters. The second-order valence-corrected chi connectivity index (χ2v) is 7.56. The zero-order chi connectivity index (χ0) is 19.8. The van der Waals surface area contributed by atoms with Gasteiger partial charge in [0.25, 0.3) is 0 Å². The Morgan fingerprint density at radius 3 is 1.92 bits per heavy atom. The summed E-state index contributed by atoms with van der Waals surface area (Å²) in [5.74, 6) is 0.873. The van der Waals surface area contributed by atoms with E-state index in [0.717, 1.165) is 25.7 Å². The molecule has 5 nitrogen and oxygen atoms in total. The van der Waals surface area contributed by atoms with Crippen molar-refractivity contribution in [2.75, 3.05) is 13.2 Å². The Kier molecular flexibility index (Phi) is 15.7. The van der Waals surface area contributed by atoms with E-state index in [2.05, 4.69) is 0 Å². The fraction of sp³-hybridized carbons (Fsp3) is 0.905. The van der Waals surface area contributed by atoms with Crippen molar-refractivity contribution in [3.8, 4) is 0 Å². The lowest BCUT2D eigenvalue weighted by molar-refractivity contribution is -0.126. The van der Waals surface area contributed by atoms with E-state index in [9.17, 15) is 9.59 Å². The molecule has 0 radical (unpaired) electrons. The number of aliphatic hydroxyl groups is 1. The Morgan fingerprint density at radius 1 is 1.04 bits per heavy atom. The van der Waals surface area contributed by atoms with E-state index in [1.54, 1.807) is 6.92 Å². The smallest absolute Gasteiger partial charge is 0.219 e. The number of amides is 1. The molecule has 2 rings (SSSR count). The molecule has 0 spiro atoms. The van der Waals surface area contributed by atoms with Gasteiger partial charge in [0.2, 0.25) is 5.91 Å². The maximum atomic E-state index is 11.5. The molecular weight excluding hydrogens is 330 g/mol. The number of ether oxygens (including phenoxy) is 1. The summed E-state index contributed by atoms with van der Waals surface area (Å²) in [4.78, 5) is 21.9. The summed E-state index contributed by atoms with van der Waals surface area (Å²) in [5, 5.41) is 7.57. The van der Waals surface area contributed by atoms with Gasteiger partial charge in [0.15, 0.2) is 0 Å². The molecule has 0 aromatic carbocycles. The normalized spacial score (nSPS) is 18.3. The average Bonchev–Trinajstić information content (AvgIpc) is 2.63. The molecule has 1 amide bonds. The molecule has 0 saturated heterocycles. The van der Waals surface area contributed by atoms with Crippen LogP contribution in [0, 0.1) is 11.8 Å². The van der Waals surface area contributed by atoms with Gasteiger partial charge in [-0.2, -0.15) is 0 Å². The van der Waals surface area contributed by atoms with E-state index < -0.39 is 0 Å². The summed E-state index contributed by atoms with van der Waals surface area (Å²) < 4.78 is 5.49. The van der Waals surface area contributed by atoms with Gasteiger partial charge in [-0.25, -0.2) is 0 Å². The van der Waals surface area contributed by atoms with Gasteiger partial charge in [0, 0.05) is 26.3 Å². The van der Waals surface area contributed by atoms with E-state index >= 15 is 0 Å². The standard InChI is InChI=1S/C10H18O.C9H17NO2.C2H6O.H2/c1-8(2)10(11)9-6-4-3-5-7-9;10-9(11)6-7-12-8-4-2-1-3-5-8;1-2-3;/h8-9H,3-7H2,1-2H3;8H,1-7H2,(H2,10,11);3H,2H2,1H3;1H. The number of Topliss-reactive ketones (excluding diaryl/α,β-unsaturated/α-hetero) is 1. The first-order chi connectivity index (χ1) is 12.4. The molecule has 2 aliphatic carbocycles. The van der Waals surface area contributed by atoms with Crippen molar-refractivity contribution >= 4 is 11.7 Å². The van der Waals surface area contributed by atoms with Crippen LogP contribution in [-0.4, -0.2) is 36.1 Å². The molecule has 0 unspecified atom stereocenters. The summed E-state index contributed by atoms with van der Waals surface area (Å²) >= 11 is 0. The summed E-state index contributed by atoms with van der Waals surface area (Å²) in [6.07, 6.45) is 13.1. The zero-order valence-corrected chi connectivity index (χ0v) is 17.2.